The van der Waals surface area contributed by atoms with Crippen LogP contribution in [0.15, 0.2) is 42.5 Å². The molecule has 2 aromatic carbocycles. The third-order valence-corrected chi connectivity index (χ3v) is 3.37. The Balaban J connectivity index is 2.19. The van der Waals surface area contributed by atoms with Gasteiger partial charge in [0.25, 0.3) is 0 Å². The smallest absolute Gasteiger partial charge is 0.146 e. The van der Waals surface area contributed by atoms with Crippen molar-refractivity contribution in [2.24, 2.45) is 0 Å². The van der Waals surface area contributed by atoms with Crippen LogP contribution in [0.2, 0.25) is 0 Å². The maximum atomic E-state index is 14.1. The van der Waals surface area contributed by atoms with E-state index in [1.807, 2.05) is 37.1 Å². The first-order valence-corrected chi connectivity index (χ1v) is 6.71. The summed E-state index contributed by atoms with van der Waals surface area (Å²) in [4.78, 5) is 1.87. The van der Waals surface area contributed by atoms with Crippen LogP contribution in [-0.4, -0.2) is 12.2 Å². The molecule has 1 N–H and O–H groups in total. The lowest BCUT2D eigenvalue weighted by Crippen LogP contribution is -2.18. The van der Waals surface area contributed by atoms with Gasteiger partial charge in [-0.25, -0.2) is 4.39 Å². The predicted molar refractivity (Wildman–Crippen MR) is 80.3 cm³/mol. The van der Waals surface area contributed by atoms with Crippen molar-refractivity contribution in [3.8, 4) is 0 Å². The molecule has 0 radical (unpaired) electrons. The number of rotatable bonds is 4. The molecule has 2 aromatic rings. The maximum absolute atomic E-state index is 14.1. The molecule has 0 spiro atoms. The Labute approximate surface area is 119 Å². The summed E-state index contributed by atoms with van der Waals surface area (Å²) in [5.41, 5.74) is 3.47. The third kappa shape index (κ3) is 3.36. The van der Waals surface area contributed by atoms with Crippen molar-refractivity contribution in [1.82, 2.24) is 0 Å². The Hall–Kier alpha value is -1.87. The molecule has 0 bridgehead atoms. The minimum absolute atomic E-state index is 0.307. The van der Waals surface area contributed by atoms with Gasteiger partial charge in [0.2, 0.25) is 0 Å². The van der Waals surface area contributed by atoms with E-state index in [2.05, 4.69) is 6.07 Å². The van der Waals surface area contributed by atoms with E-state index in [9.17, 15) is 9.50 Å². The number of hydrogen-bond donors (Lipinski definition) is 1. The fourth-order valence-corrected chi connectivity index (χ4v) is 2.26. The van der Waals surface area contributed by atoms with Gasteiger partial charge in [0, 0.05) is 13.6 Å². The van der Waals surface area contributed by atoms with Crippen molar-refractivity contribution in [2.45, 2.75) is 26.5 Å². The van der Waals surface area contributed by atoms with Crippen molar-refractivity contribution >= 4 is 5.69 Å². The molecule has 0 aliphatic rings. The Morgan fingerprint density at radius 2 is 1.95 bits per heavy atom. The van der Waals surface area contributed by atoms with Gasteiger partial charge in [-0.1, -0.05) is 35.9 Å². The lowest BCUT2D eigenvalue weighted by molar-refractivity contribution is 0.199. The van der Waals surface area contributed by atoms with Crippen molar-refractivity contribution in [1.29, 1.82) is 0 Å². The monoisotopic (exact) mass is 273 g/mol. The second kappa shape index (κ2) is 6.06. The highest BCUT2D eigenvalue weighted by Gasteiger charge is 2.11. The van der Waals surface area contributed by atoms with Gasteiger partial charge in [-0.05, 0) is 37.1 Å². The molecule has 0 aliphatic carbocycles. The van der Waals surface area contributed by atoms with Crippen LogP contribution in [0, 0.1) is 12.7 Å². The van der Waals surface area contributed by atoms with E-state index in [1.54, 1.807) is 19.1 Å². The first kappa shape index (κ1) is 14.5. The molecule has 0 amide bonds. The molecule has 0 heterocycles. The van der Waals surface area contributed by atoms with Gasteiger partial charge in [-0.3, -0.25) is 0 Å². The summed E-state index contributed by atoms with van der Waals surface area (Å²) in [6, 6.07) is 13.0. The van der Waals surface area contributed by atoms with E-state index < -0.39 is 6.10 Å². The summed E-state index contributed by atoms with van der Waals surface area (Å²) in [5, 5.41) is 9.46. The van der Waals surface area contributed by atoms with E-state index in [0.29, 0.717) is 17.8 Å². The Bertz CT molecular complexity index is 595. The highest BCUT2D eigenvalue weighted by atomic mass is 19.1. The molecule has 0 saturated heterocycles. The molecule has 1 atom stereocenters. The molecule has 20 heavy (non-hydrogen) atoms. The van der Waals surface area contributed by atoms with E-state index >= 15 is 0 Å². The normalized spacial score (nSPS) is 12.2. The zero-order chi connectivity index (χ0) is 14.7. The second-order valence-electron chi connectivity index (χ2n) is 5.23. The standard InChI is InChI=1S/C17H20FNO/c1-12-5-4-6-14(9-12)11-19(3)17-8-7-15(13(2)20)10-16(17)18/h4-10,13,20H,11H2,1-3H3. The van der Waals surface area contributed by atoms with Gasteiger partial charge in [0.15, 0.2) is 0 Å². The largest absolute Gasteiger partial charge is 0.389 e. The molecule has 0 fully saturated rings. The number of hydrogen-bond acceptors (Lipinski definition) is 2. The quantitative estimate of drug-likeness (QED) is 0.915. The Morgan fingerprint density at radius 3 is 2.55 bits per heavy atom. The van der Waals surface area contributed by atoms with Crippen LogP contribution in [0.5, 0.6) is 0 Å². The first-order chi connectivity index (χ1) is 9.47. The van der Waals surface area contributed by atoms with Crippen molar-refractivity contribution in [3.63, 3.8) is 0 Å². The minimum atomic E-state index is -0.652. The van der Waals surface area contributed by atoms with Gasteiger partial charge in [0.05, 0.1) is 11.8 Å². The van der Waals surface area contributed by atoms with E-state index in [4.69, 9.17) is 0 Å². The van der Waals surface area contributed by atoms with Crippen LogP contribution in [0.1, 0.15) is 29.7 Å². The molecule has 0 saturated carbocycles. The van der Waals surface area contributed by atoms with Gasteiger partial charge < -0.3 is 10.0 Å². The number of benzene rings is 2. The Kier molecular flexibility index (Phi) is 4.40. The lowest BCUT2D eigenvalue weighted by Gasteiger charge is -2.21. The molecule has 0 aliphatic heterocycles. The van der Waals surface area contributed by atoms with Crippen LogP contribution in [0.4, 0.5) is 10.1 Å². The van der Waals surface area contributed by atoms with Gasteiger partial charge in [-0.2, -0.15) is 0 Å². The molecule has 0 aromatic heterocycles. The number of anilines is 1. The summed E-state index contributed by atoms with van der Waals surface area (Å²) in [7, 11) is 1.86. The van der Waals surface area contributed by atoms with Crippen molar-refractivity contribution in [3.05, 3.63) is 65.0 Å². The summed E-state index contributed by atoms with van der Waals surface area (Å²) in [5.74, 6) is -0.307. The average Bonchev–Trinajstić information content (AvgIpc) is 2.38. The van der Waals surface area contributed by atoms with Crippen LogP contribution in [-0.2, 0) is 6.54 Å². The molecule has 1 unspecified atom stereocenters. The number of aryl methyl sites for hydroxylation is 1. The average molecular weight is 273 g/mol. The molecule has 2 rings (SSSR count). The fraction of sp³-hybridized carbons (Fsp3) is 0.294. The lowest BCUT2D eigenvalue weighted by atomic mass is 10.1. The topological polar surface area (TPSA) is 23.5 Å². The highest BCUT2D eigenvalue weighted by molar-refractivity contribution is 5.49. The van der Waals surface area contributed by atoms with Crippen LogP contribution in [0.3, 0.4) is 0 Å². The molecule has 3 heteroatoms. The van der Waals surface area contributed by atoms with Crippen LogP contribution in [0.25, 0.3) is 0 Å². The van der Waals surface area contributed by atoms with E-state index in [0.717, 1.165) is 5.56 Å². The van der Waals surface area contributed by atoms with Crippen LogP contribution >= 0.6 is 0 Å². The molecular formula is C17H20FNO. The SMILES string of the molecule is Cc1cccc(CN(C)c2ccc(C(C)O)cc2F)c1. The van der Waals surface area contributed by atoms with Gasteiger partial charge in [-0.15, -0.1) is 0 Å². The van der Waals surface area contributed by atoms with Gasteiger partial charge >= 0.3 is 0 Å². The highest BCUT2D eigenvalue weighted by Crippen LogP contribution is 2.24. The third-order valence-electron chi connectivity index (χ3n) is 3.37. The fourth-order valence-electron chi connectivity index (χ4n) is 2.26. The molecule has 106 valence electrons. The number of nitrogens with zero attached hydrogens (tertiary/aromatic N) is 1. The first-order valence-electron chi connectivity index (χ1n) is 6.71. The number of aliphatic hydroxyl groups excluding tert-OH is 1. The zero-order valence-corrected chi connectivity index (χ0v) is 12.1. The van der Waals surface area contributed by atoms with Crippen LogP contribution < -0.4 is 4.90 Å². The van der Waals surface area contributed by atoms with Crippen molar-refractivity contribution < 1.29 is 9.50 Å². The molecule has 2 nitrogen and oxygen atoms in total. The summed E-state index contributed by atoms with van der Waals surface area (Å²) < 4.78 is 14.1. The Morgan fingerprint density at radius 1 is 1.20 bits per heavy atom. The minimum Gasteiger partial charge on any atom is -0.389 e. The summed E-state index contributed by atoms with van der Waals surface area (Å²) in [6.45, 7) is 4.32. The summed E-state index contributed by atoms with van der Waals surface area (Å²) in [6.07, 6.45) is -0.652. The van der Waals surface area contributed by atoms with Gasteiger partial charge in [0.1, 0.15) is 5.82 Å². The van der Waals surface area contributed by atoms with E-state index in [-0.39, 0.29) is 5.82 Å². The molecular weight excluding hydrogens is 253 g/mol. The number of aliphatic hydroxyl groups is 1. The second-order valence-corrected chi connectivity index (χ2v) is 5.23. The van der Waals surface area contributed by atoms with Crippen molar-refractivity contribution in [2.75, 3.05) is 11.9 Å². The summed E-state index contributed by atoms with van der Waals surface area (Å²) >= 11 is 0. The number of halogens is 1. The van der Waals surface area contributed by atoms with E-state index in [1.165, 1.54) is 11.6 Å². The maximum Gasteiger partial charge on any atom is 0.146 e. The predicted octanol–water partition coefficient (Wildman–Crippen LogP) is 3.82. The zero-order valence-electron chi connectivity index (χ0n) is 12.1.